The Bertz CT molecular complexity index is 934. The average molecular weight is 379 g/mol. The monoisotopic (exact) mass is 379 g/mol. The van der Waals surface area contributed by atoms with Crippen LogP contribution in [0.2, 0.25) is 0 Å². The topological polar surface area (TPSA) is 57.0 Å². The van der Waals surface area contributed by atoms with Gasteiger partial charge in [0, 0.05) is 17.7 Å². The summed E-state index contributed by atoms with van der Waals surface area (Å²) in [4.78, 5) is 12.5. The first-order valence-corrected chi connectivity index (χ1v) is 9.50. The first kappa shape index (κ1) is 18.9. The minimum absolute atomic E-state index is 0.0359. The molecule has 0 aliphatic rings. The van der Waals surface area contributed by atoms with Gasteiger partial charge in [0.15, 0.2) is 16.8 Å². The molecule has 3 aromatic rings. The minimum Gasteiger partial charge on any atom is -0.497 e. The largest absolute Gasteiger partial charge is 0.497 e. The molecule has 2 aromatic carbocycles. The summed E-state index contributed by atoms with van der Waals surface area (Å²) >= 11 is 1.38. The molecule has 0 bridgehead atoms. The molecule has 0 radical (unpaired) electrons. The highest BCUT2D eigenvalue weighted by Gasteiger charge is 2.16. The highest BCUT2D eigenvalue weighted by Crippen LogP contribution is 2.25. The number of ether oxygens (including phenoxy) is 1. The average Bonchev–Trinajstić information content (AvgIpc) is 3.08. The second-order valence-electron chi connectivity index (χ2n) is 6.16. The van der Waals surface area contributed by atoms with Crippen LogP contribution in [0.15, 0.2) is 71.9 Å². The highest BCUT2D eigenvalue weighted by molar-refractivity contribution is 7.99. The lowest BCUT2D eigenvalue weighted by molar-refractivity contribution is 0.102. The molecule has 1 aromatic heterocycles. The molecule has 0 atom stereocenters. The van der Waals surface area contributed by atoms with E-state index in [9.17, 15) is 4.79 Å². The molecule has 0 spiro atoms. The molecule has 0 saturated heterocycles. The number of methoxy groups -OCH3 is 1. The number of rotatable bonds is 8. The lowest BCUT2D eigenvalue weighted by Gasteiger charge is -2.10. The molecule has 0 amide bonds. The molecule has 1 heterocycles. The molecule has 0 unspecified atom stereocenters. The normalized spacial score (nSPS) is 10.6. The Morgan fingerprint density at radius 2 is 1.81 bits per heavy atom. The van der Waals surface area contributed by atoms with Crippen LogP contribution in [0.25, 0.3) is 11.4 Å². The molecule has 5 nitrogen and oxygen atoms in total. The Morgan fingerprint density at radius 3 is 2.44 bits per heavy atom. The van der Waals surface area contributed by atoms with Gasteiger partial charge in [-0.25, -0.2) is 0 Å². The zero-order valence-corrected chi connectivity index (χ0v) is 16.2. The van der Waals surface area contributed by atoms with Crippen LogP contribution < -0.4 is 4.74 Å². The smallest absolute Gasteiger partial charge is 0.192 e. The van der Waals surface area contributed by atoms with Crippen molar-refractivity contribution in [1.29, 1.82) is 0 Å². The molecule has 0 fully saturated rings. The van der Waals surface area contributed by atoms with E-state index in [0.717, 1.165) is 22.7 Å². The number of nitrogens with zero attached hydrogens (tertiary/aromatic N) is 3. The number of benzene rings is 2. The van der Waals surface area contributed by atoms with E-state index in [1.807, 2.05) is 41.8 Å². The van der Waals surface area contributed by atoms with Crippen molar-refractivity contribution in [3.63, 3.8) is 0 Å². The van der Waals surface area contributed by atoms with Crippen molar-refractivity contribution in [2.75, 3.05) is 12.9 Å². The van der Waals surface area contributed by atoms with E-state index >= 15 is 0 Å². The van der Waals surface area contributed by atoms with E-state index in [1.165, 1.54) is 11.8 Å². The van der Waals surface area contributed by atoms with E-state index in [-0.39, 0.29) is 11.5 Å². The van der Waals surface area contributed by atoms with Crippen LogP contribution in [-0.2, 0) is 6.54 Å². The zero-order valence-electron chi connectivity index (χ0n) is 15.4. The number of carbonyl (C=O) groups excluding carboxylic acids is 1. The standard InChI is InChI=1S/C21H21N3O2S/c1-15(2)13-24-20(17-7-5-4-6-8-17)22-23-21(24)27-14-19(25)16-9-11-18(26-3)12-10-16/h4-12H,1,13-14H2,2-3H3. The van der Waals surface area contributed by atoms with Gasteiger partial charge in [0.2, 0.25) is 0 Å². The van der Waals surface area contributed by atoms with Crippen molar-refractivity contribution in [2.45, 2.75) is 18.6 Å². The van der Waals surface area contributed by atoms with Gasteiger partial charge in [-0.3, -0.25) is 9.36 Å². The van der Waals surface area contributed by atoms with Crippen LogP contribution in [0.1, 0.15) is 17.3 Å². The van der Waals surface area contributed by atoms with E-state index < -0.39 is 0 Å². The molecule has 138 valence electrons. The Hall–Kier alpha value is -2.86. The summed E-state index contributed by atoms with van der Waals surface area (Å²) in [6.07, 6.45) is 0. The maximum absolute atomic E-state index is 12.5. The number of aromatic nitrogens is 3. The predicted octanol–water partition coefficient (Wildman–Crippen LogP) is 4.50. The number of hydrogen-bond donors (Lipinski definition) is 0. The van der Waals surface area contributed by atoms with Crippen LogP contribution in [0.5, 0.6) is 5.75 Å². The number of ketones is 1. The lowest BCUT2D eigenvalue weighted by atomic mass is 10.1. The summed E-state index contributed by atoms with van der Waals surface area (Å²) in [5.74, 6) is 1.83. The molecule has 0 saturated carbocycles. The molecule has 27 heavy (non-hydrogen) atoms. The van der Waals surface area contributed by atoms with Crippen molar-refractivity contribution < 1.29 is 9.53 Å². The van der Waals surface area contributed by atoms with Crippen LogP contribution in [0.3, 0.4) is 0 Å². The van der Waals surface area contributed by atoms with Gasteiger partial charge in [-0.2, -0.15) is 0 Å². The van der Waals surface area contributed by atoms with Crippen LogP contribution >= 0.6 is 11.8 Å². The van der Waals surface area contributed by atoms with Crippen molar-refractivity contribution in [3.8, 4) is 17.1 Å². The van der Waals surface area contributed by atoms with Crippen LogP contribution in [-0.4, -0.2) is 33.4 Å². The summed E-state index contributed by atoms with van der Waals surface area (Å²) in [5, 5.41) is 9.34. The van der Waals surface area contributed by atoms with Gasteiger partial charge in [-0.05, 0) is 31.2 Å². The third-order valence-electron chi connectivity index (χ3n) is 3.92. The molecule has 0 N–H and O–H groups in total. The third kappa shape index (κ3) is 4.65. The van der Waals surface area contributed by atoms with Crippen molar-refractivity contribution in [1.82, 2.24) is 14.8 Å². The van der Waals surface area contributed by atoms with Crippen molar-refractivity contribution >= 4 is 17.5 Å². The maximum atomic E-state index is 12.5. The molecular weight excluding hydrogens is 358 g/mol. The number of thioether (sulfide) groups is 1. The zero-order chi connectivity index (χ0) is 19.2. The highest BCUT2D eigenvalue weighted by atomic mass is 32.2. The molecule has 0 aliphatic carbocycles. The van der Waals surface area contributed by atoms with Crippen LogP contribution in [0.4, 0.5) is 0 Å². The van der Waals surface area contributed by atoms with Gasteiger partial charge in [0.1, 0.15) is 5.75 Å². The Labute approximate surface area is 163 Å². The number of carbonyl (C=O) groups is 1. The van der Waals surface area contributed by atoms with Crippen molar-refractivity contribution in [2.24, 2.45) is 0 Å². The Morgan fingerprint density at radius 1 is 1.11 bits per heavy atom. The fourth-order valence-electron chi connectivity index (χ4n) is 2.60. The summed E-state index contributed by atoms with van der Waals surface area (Å²) in [6.45, 7) is 6.57. The van der Waals surface area contributed by atoms with Crippen molar-refractivity contribution in [3.05, 3.63) is 72.3 Å². The first-order valence-electron chi connectivity index (χ1n) is 8.51. The maximum Gasteiger partial charge on any atom is 0.192 e. The molecule has 6 heteroatoms. The fraction of sp³-hybridized carbons (Fsp3) is 0.190. The molecule has 3 rings (SSSR count). The van der Waals surface area contributed by atoms with Gasteiger partial charge in [-0.15, -0.1) is 10.2 Å². The molecular formula is C21H21N3O2S. The van der Waals surface area contributed by atoms with E-state index in [4.69, 9.17) is 4.74 Å². The minimum atomic E-state index is 0.0359. The second-order valence-corrected chi connectivity index (χ2v) is 7.10. The fourth-order valence-corrected chi connectivity index (χ4v) is 3.43. The van der Waals surface area contributed by atoms with Gasteiger partial charge in [0.25, 0.3) is 0 Å². The quantitative estimate of drug-likeness (QED) is 0.328. The first-order chi connectivity index (χ1) is 13.1. The summed E-state index contributed by atoms with van der Waals surface area (Å²) in [6, 6.07) is 17.0. The van der Waals surface area contributed by atoms with Gasteiger partial charge in [0.05, 0.1) is 12.9 Å². The van der Waals surface area contributed by atoms with Gasteiger partial charge < -0.3 is 4.74 Å². The van der Waals surface area contributed by atoms with E-state index in [2.05, 4.69) is 16.8 Å². The number of Topliss-reactive ketones (excluding diaryl/α,β-unsaturated/α-hetero) is 1. The van der Waals surface area contributed by atoms with Crippen LogP contribution in [0, 0.1) is 0 Å². The van der Waals surface area contributed by atoms with Gasteiger partial charge >= 0.3 is 0 Å². The Balaban J connectivity index is 1.78. The van der Waals surface area contributed by atoms with E-state index in [0.29, 0.717) is 17.3 Å². The lowest BCUT2D eigenvalue weighted by Crippen LogP contribution is -2.06. The van der Waals surface area contributed by atoms with E-state index in [1.54, 1.807) is 31.4 Å². The number of hydrogen-bond acceptors (Lipinski definition) is 5. The molecule has 0 aliphatic heterocycles. The Kier molecular flexibility index (Phi) is 6.08. The summed E-state index contributed by atoms with van der Waals surface area (Å²) < 4.78 is 7.13. The second kappa shape index (κ2) is 8.68. The summed E-state index contributed by atoms with van der Waals surface area (Å²) in [7, 11) is 1.60. The number of allylic oxidation sites excluding steroid dienone is 1. The van der Waals surface area contributed by atoms with Gasteiger partial charge in [-0.1, -0.05) is 54.2 Å². The SMILES string of the molecule is C=C(C)Cn1c(SCC(=O)c2ccc(OC)cc2)nnc1-c1ccccc1. The third-order valence-corrected chi connectivity index (χ3v) is 4.89. The predicted molar refractivity (Wildman–Crippen MR) is 108 cm³/mol. The summed E-state index contributed by atoms with van der Waals surface area (Å²) in [5.41, 5.74) is 2.63.